The Morgan fingerprint density at radius 3 is 2.14 bits per heavy atom. The van der Waals surface area contributed by atoms with E-state index in [1.165, 1.54) is 19.1 Å². The molecule has 2 amide bonds. The van der Waals surface area contributed by atoms with Crippen molar-refractivity contribution in [3.63, 3.8) is 0 Å². The third-order valence-electron chi connectivity index (χ3n) is 7.06. The number of rotatable bonds is 5. The van der Waals surface area contributed by atoms with Crippen LogP contribution >= 0.6 is 11.6 Å². The van der Waals surface area contributed by atoms with Crippen molar-refractivity contribution in [2.75, 3.05) is 44.2 Å². The molecule has 0 radical (unpaired) electrons. The molecule has 1 saturated carbocycles. The van der Waals surface area contributed by atoms with Crippen LogP contribution in [0.5, 0.6) is 0 Å². The highest BCUT2D eigenvalue weighted by Gasteiger charge is 2.53. The molecule has 0 bridgehead atoms. The summed E-state index contributed by atoms with van der Waals surface area (Å²) in [5.41, 5.74) is 0.693. The highest BCUT2D eigenvalue weighted by Crippen LogP contribution is 2.42. The van der Waals surface area contributed by atoms with Gasteiger partial charge in [-0.1, -0.05) is 11.6 Å². The zero-order chi connectivity index (χ0) is 25.7. The second-order valence-corrected chi connectivity index (χ2v) is 12.0. The van der Waals surface area contributed by atoms with Crippen molar-refractivity contribution in [2.24, 2.45) is 11.8 Å². The molecular weight excluding hydrogens is 508 g/mol. The fraction of sp³-hybridized carbons (Fsp3) is 0.591. The van der Waals surface area contributed by atoms with Crippen molar-refractivity contribution < 1.29 is 36.7 Å². The average molecular weight is 534 g/mol. The summed E-state index contributed by atoms with van der Waals surface area (Å²) < 4.78 is 53.2. The Morgan fingerprint density at radius 2 is 1.63 bits per heavy atom. The summed E-state index contributed by atoms with van der Waals surface area (Å²) in [5.74, 6) is -7.59. The third kappa shape index (κ3) is 4.95. The summed E-state index contributed by atoms with van der Waals surface area (Å²) in [7, 11) is -4.09. The number of benzene rings is 1. The number of nitrogens with zero attached hydrogens (tertiary/aromatic N) is 3. The normalized spacial score (nSPS) is 26.4. The second kappa shape index (κ2) is 9.20. The van der Waals surface area contributed by atoms with Crippen LogP contribution in [0.1, 0.15) is 19.8 Å². The lowest BCUT2D eigenvalue weighted by Gasteiger charge is -2.40. The number of carboxylic acid groups (broad SMARTS) is 1. The summed E-state index contributed by atoms with van der Waals surface area (Å²) in [6.45, 7) is 2.10. The Hall–Kier alpha value is -2.47. The number of piperazine rings is 1. The Balaban J connectivity index is 1.50. The van der Waals surface area contributed by atoms with E-state index in [0.29, 0.717) is 31.9 Å². The van der Waals surface area contributed by atoms with E-state index in [-0.39, 0.29) is 28.7 Å². The smallest absolute Gasteiger partial charge is 0.307 e. The number of anilines is 1. The molecule has 1 N–H and O–H groups in total. The van der Waals surface area contributed by atoms with E-state index in [4.69, 9.17) is 11.6 Å². The minimum atomic E-state index is -4.09. The number of halogens is 3. The van der Waals surface area contributed by atoms with Gasteiger partial charge < -0.3 is 19.8 Å². The van der Waals surface area contributed by atoms with Gasteiger partial charge in [-0.3, -0.25) is 14.4 Å². The lowest BCUT2D eigenvalue weighted by molar-refractivity contribution is -0.172. The summed E-state index contributed by atoms with van der Waals surface area (Å²) in [4.78, 5) is 40.4. The summed E-state index contributed by atoms with van der Waals surface area (Å²) >= 11 is 6.36. The Labute approximate surface area is 206 Å². The van der Waals surface area contributed by atoms with Gasteiger partial charge in [-0.2, -0.15) is 0 Å². The van der Waals surface area contributed by atoms with Crippen molar-refractivity contribution in [1.29, 1.82) is 0 Å². The number of carboxylic acids is 1. The quantitative estimate of drug-likeness (QED) is 0.613. The molecule has 0 unspecified atom stereocenters. The van der Waals surface area contributed by atoms with Crippen LogP contribution in [0, 0.1) is 11.8 Å². The Bertz CT molecular complexity index is 1150. The number of alkyl halides is 2. The molecule has 192 valence electrons. The molecule has 1 aromatic carbocycles. The van der Waals surface area contributed by atoms with Gasteiger partial charge in [0.1, 0.15) is 0 Å². The fourth-order valence-corrected chi connectivity index (χ4v) is 7.44. The first kappa shape index (κ1) is 25.6. The Morgan fingerprint density at radius 1 is 1.03 bits per heavy atom. The zero-order valence-corrected chi connectivity index (χ0v) is 20.6. The molecule has 3 atom stereocenters. The topological polar surface area (TPSA) is 115 Å². The van der Waals surface area contributed by atoms with Gasteiger partial charge in [0.15, 0.2) is 9.84 Å². The molecule has 2 saturated heterocycles. The van der Waals surface area contributed by atoms with Crippen molar-refractivity contribution >= 4 is 44.9 Å². The molecule has 0 aromatic heterocycles. The molecule has 2 heterocycles. The van der Waals surface area contributed by atoms with Gasteiger partial charge in [-0.05, 0) is 31.0 Å². The molecule has 2 aliphatic heterocycles. The van der Waals surface area contributed by atoms with Gasteiger partial charge in [0.2, 0.25) is 11.8 Å². The van der Waals surface area contributed by atoms with Crippen LogP contribution in [-0.4, -0.2) is 91.5 Å². The number of hydrogen-bond acceptors (Lipinski definition) is 6. The van der Waals surface area contributed by atoms with Gasteiger partial charge >= 0.3 is 5.97 Å². The van der Waals surface area contributed by atoms with Crippen LogP contribution in [0.4, 0.5) is 14.5 Å². The van der Waals surface area contributed by atoms with Crippen LogP contribution < -0.4 is 4.90 Å². The van der Waals surface area contributed by atoms with E-state index in [0.717, 1.165) is 4.90 Å². The maximum atomic E-state index is 13.4. The highest BCUT2D eigenvalue weighted by molar-refractivity contribution is 7.92. The Kier molecular flexibility index (Phi) is 6.73. The number of aliphatic carboxylic acids is 1. The zero-order valence-electron chi connectivity index (χ0n) is 19.0. The largest absolute Gasteiger partial charge is 0.481 e. The third-order valence-corrected chi connectivity index (χ3v) is 9.72. The monoisotopic (exact) mass is 533 g/mol. The lowest BCUT2D eigenvalue weighted by Crippen LogP contribution is -2.60. The van der Waals surface area contributed by atoms with Crippen molar-refractivity contribution in [2.45, 2.75) is 35.8 Å². The van der Waals surface area contributed by atoms with Crippen LogP contribution in [0.25, 0.3) is 0 Å². The second-order valence-electron chi connectivity index (χ2n) is 9.35. The maximum Gasteiger partial charge on any atom is 0.307 e. The van der Waals surface area contributed by atoms with Gasteiger partial charge in [0.25, 0.3) is 5.92 Å². The molecule has 13 heteroatoms. The molecule has 1 aromatic rings. The number of sulfone groups is 1. The molecule has 3 fully saturated rings. The van der Waals surface area contributed by atoms with Crippen molar-refractivity contribution in [1.82, 2.24) is 9.80 Å². The van der Waals surface area contributed by atoms with Crippen molar-refractivity contribution in [3.8, 4) is 0 Å². The number of carbonyl (C=O) groups excluding carboxylic acids is 2. The SMILES string of the molecule is CC(=O)N1CCN(c2ccc(S(=O)(=O)[C@H]3C[C@@H](C(=O)O)[C@H](C(=O)N4CC(F)(F)C4)C3)c(Cl)c2)CC1. The van der Waals surface area contributed by atoms with E-state index in [9.17, 15) is 36.7 Å². The van der Waals surface area contributed by atoms with Gasteiger partial charge in [-0.25, -0.2) is 17.2 Å². The summed E-state index contributed by atoms with van der Waals surface area (Å²) in [6.07, 6.45) is -0.575. The van der Waals surface area contributed by atoms with Crippen LogP contribution in [0.3, 0.4) is 0 Å². The van der Waals surface area contributed by atoms with Crippen LogP contribution in [0.15, 0.2) is 23.1 Å². The van der Waals surface area contributed by atoms with E-state index in [2.05, 4.69) is 0 Å². The van der Waals surface area contributed by atoms with Gasteiger partial charge in [0, 0.05) is 38.8 Å². The maximum absolute atomic E-state index is 13.4. The van der Waals surface area contributed by atoms with E-state index >= 15 is 0 Å². The molecular formula is C22H26ClF2N3O6S. The average Bonchev–Trinajstić information content (AvgIpc) is 3.23. The minimum absolute atomic E-state index is 0.0139. The number of likely N-dealkylation sites (tertiary alicyclic amines) is 1. The van der Waals surface area contributed by atoms with Crippen LogP contribution in [-0.2, 0) is 24.2 Å². The molecule has 3 aliphatic rings. The summed E-state index contributed by atoms with van der Waals surface area (Å²) in [6, 6.07) is 4.49. The number of amides is 2. The number of hydrogen-bond donors (Lipinski definition) is 1. The predicted molar refractivity (Wildman–Crippen MR) is 122 cm³/mol. The predicted octanol–water partition coefficient (Wildman–Crippen LogP) is 1.74. The fourth-order valence-electron chi connectivity index (χ4n) is 5.07. The van der Waals surface area contributed by atoms with E-state index < -0.39 is 57.8 Å². The summed E-state index contributed by atoms with van der Waals surface area (Å²) in [5, 5.41) is 8.37. The van der Waals surface area contributed by atoms with Crippen LogP contribution in [0.2, 0.25) is 5.02 Å². The molecule has 35 heavy (non-hydrogen) atoms. The minimum Gasteiger partial charge on any atom is -0.481 e. The first-order valence-corrected chi connectivity index (χ1v) is 13.2. The molecule has 9 nitrogen and oxygen atoms in total. The van der Waals surface area contributed by atoms with Gasteiger partial charge in [0.05, 0.1) is 40.1 Å². The highest BCUT2D eigenvalue weighted by atomic mass is 35.5. The molecule has 1 aliphatic carbocycles. The van der Waals surface area contributed by atoms with E-state index in [1.807, 2.05) is 4.90 Å². The lowest BCUT2D eigenvalue weighted by atomic mass is 9.93. The van der Waals surface area contributed by atoms with E-state index in [1.54, 1.807) is 11.0 Å². The van der Waals surface area contributed by atoms with Crippen molar-refractivity contribution in [3.05, 3.63) is 23.2 Å². The molecule has 0 spiro atoms. The first-order chi connectivity index (χ1) is 16.3. The van der Waals surface area contributed by atoms with Gasteiger partial charge in [-0.15, -0.1) is 0 Å². The number of carbonyl (C=O) groups is 3. The first-order valence-electron chi connectivity index (χ1n) is 11.2. The molecule has 4 rings (SSSR count). The standard InChI is InChI=1S/C22H26ClF2N3O6S/c1-13(29)26-4-6-27(7-5-26)14-2-3-19(18(23)8-14)35(33,34)15-9-16(17(10-15)21(31)32)20(30)28-11-22(24,25)12-28/h2-3,8,15-17H,4-7,9-12H2,1H3,(H,31,32)/t15-,16-,17-/m1/s1.